The Hall–Kier alpha value is -1.98. The normalized spacial score (nSPS) is 17.4. The van der Waals surface area contributed by atoms with E-state index >= 15 is 0 Å². The molecule has 2 rings (SSSR count). The van der Waals surface area contributed by atoms with Crippen LogP contribution in [0, 0.1) is 0 Å². The van der Waals surface area contributed by atoms with Crippen LogP contribution in [0.2, 0.25) is 0 Å². The fourth-order valence-corrected chi connectivity index (χ4v) is 2.85. The standard InChI is InChI=1S/C15H24N4O2/c1-12-13-6-5-9-18(13)10-11-19(12)14(20)7-3-2-4-8-17-15(16)21/h5-6,9,12H,2-4,7-8,10-11H2,1H3,(H3,16,17,21)/t12-/m1/s1. The first-order chi connectivity index (χ1) is 10.1. The Labute approximate surface area is 125 Å². The van der Waals surface area contributed by atoms with E-state index in [1.807, 2.05) is 11.0 Å². The van der Waals surface area contributed by atoms with Gasteiger partial charge in [0, 0.05) is 37.9 Å². The van der Waals surface area contributed by atoms with Crippen molar-refractivity contribution in [2.75, 3.05) is 13.1 Å². The minimum absolute atomic E-state index is 0.151. The molecule has 6 nitrogen and oxygen atoms in total. The molecule has 1 atom stereocenters. The lowest BCUT2D eigenvalue weighted by Crippen LogP contribution is -2.40. The Bertz CT molecular complexity index is 498. The van der Waals surface area contributed by atoms with Crippen molar-refractivity contribution in [3.05, 3.63) is 24.0 Å². The number of aromatic nitrogens is 1. The van der Waals surface area contributed by atoms with Gasteiger partial charge in [0.25, 0.3) is 0 Å². The number of amides is 3. The summed E-state index contributed by atoms with van der Waals surface area (Å²) < 4.78 is 2.21. The number of fused-ring (bicyclic) bond motifs is 1. The summed E-state index contributed by atoms with van der Waals surface area (Å²) in [6, 6.07) is 3.78. The number of primary amides is 1. The van der Waals surface area contributed by atoms with E-state index in [1.165, 1.54) is 5.69 Å². The molecule has 0 saturated carbocycles. The topological polar surface area (TPSA) is 80.4 Å². The third-order valence-corrected chi connectivity index (χ3v) is 4.03. The summed E-state index contributed by atoms with van der Waals surface area (Å²) in [5, 5.41) is 2.55. The lowest BCUT2D eigenvalue weighted by atomic mass is 10.1. The van der Waals surface area contributed by atoms with Crippen LogP contribution in [0.4, 0.5) is 4.79 Å². The number of unbranched alkanes of at least 4 members (excludes halogenated alkanes) is 2. The van der Waals surface area contributed by atoms with E-state index in [4.69, 9.17) is 5.73 Å². The molecule has 2 heterocycles. The zero-order chi connectivity index (χ0) is 15.2. The molecule has 0 fully saturated rings. The number of hydrogen-bond donors (Lipinski definition) is 2. The molecule has 0 bridgehead atoms. The van der Waals surface area contributed by atoms with Gasteiger partial charge < -0.3 is 20.5 Å². The smallest absolute Gasteiger partial charge is 0.312 e. The van der Waals surface area contributed by atoms with Crippen molar-refractivity contribution in [3.8, 4) is 0 Å². The SMILES string of the molecule is C[C@@H]1c2cccn2CCN1C(=O)CCCCCNC(N)=O. The van der Waals surface area contributed by atoms with E-state index in [9.17, 15) is 9.59 Å². The summed E-state index contributed by atoms with van der Waals surface area (Å²) >= 11 is 0. The van der Waals surface area contributed by atoms with Crippen molar-refractivity contribution in [1.29, 1.82) is 0 Å². The fraction of sp³-hybridized carbons (Fsp3) is 0.600. The third-order valence-electron chi connectivity index (χ3n) is 4.03. The molecule has 1 aromatic heterocycles. The Morgan fingerprint density at radius 2 is 2.14 bits per heavy atom. The van der Waals surface area contributed by atoms with Crippen LogP contribution in [0.5, 0.6) is 0 Å². The molecule has 6 heteroatoms. The summed E-state index contributed by atoms with van der Waals surface area (Å²) in [5.41, 5.74) is 6.19. The maximum atomic E-state index is 12.3. The lowest BCUT2D eigenvalue weighted by molar-refractivity contribution is -0.134. The van der Waals surface area contributed by atoms with Crippen LogP contribution in [0.15, 0.2) is 18.3 Å². The molecule has 1 aliphatic rings. The van der Waals surface area contributed by atoms with Gasteiger partial charge in [-0.25, -0.2) is 4.79 Å². The van der Waals surface area contributed by atoms with Gasteiger partial charge in [-0.3, -0.25) is 4.79 Å². The molecule has 3 N–H and O–H groups in total. The van der Waals surface area contributed by atoms with Gasteiger partial charge in [0.1, 0.15) is 0 Å². The molecule has 0 aromatic carbocycles. The second-order valence-corrected chi connectivity index (χ2v) is 5.49. The van der Waals surface area contributed by atoms with Crippen LogP contribution in [0.1, 0.15) is 44.3 Å². The van der Waals surface area contributed by atoms with Crippen LogP contribution in [0.3, 0.4) is 0 Å². The monoisotopic (exact) mass is 292 g/mol. The maximum absolute atomic E-state index is 12.3. The second kappa shape index (κ2) is 7.15. The molecule has 3 amide bonds. The number of nitrogens with two attached hydrogens (primary N) is 1. The van der Waals surface area contributed by atoms with Crippen molar-refractivity contribution in [2.24, 2.45) is 5.73 Å². The van der Waals surface area contributed by atoms with Crippen molar-refractivity contribution in [3.63, 3.8) is 0 Å². The Balaban J connectivity index is 1.71. The first-order valence-electron chi connectivity index (χ1n) is 7.57. The quantitative estimate of drug-likeness (QED) is 0.781. The first kappa shape index (κ1) is 15.4. The van der Waals surface area contributed by atoms with Crippen LogP contribution in [-0.4, -0.2) is 34.5 Å². The number of urea groups is 1. The van der Waals surface area contributed by atoms with Crippen molar-refractivity contribution >= 4 is 11.9 Å². The van der Waals surface area contributed by atoms with E-state index in [-0.39, 0.29) is 11.9 Å². The molecule has 21 heavy (non-hydrogen) atoms. The Morgan fingerprint density at radius 3 is 2.90 bits per heavy atom. The predicted molar refractivity (Wildman–Crippen MR) is 80.6 cm³/mol. The van der Waals surface area contributed by atoms with Gasteiger partial charge >= 0.3 is 6.03 Å². The Morgan fingerprint density at radius 1 is 1.33 bits per heavy atom. The van der Waals surface area contributed by atoms with E-state index in [2.05, 4.69) is 29.1 Å². The van der Waals surface area contributed by atoms with E-state index < -0.39 is 6.03 Å². The highest BCUT2D eigenvalue weighted by Crippen LogP contribution is 2.26. The number of carbonyl (C=O) groups excluding carboxylic acids is 2. The number of nitrogens with zero attached hydrogens (tertiary/aromatic N) is 2. The highest BCUT2D eigenvalue weighted by Gasteiger charge is 2.26. The first-order valence-corrected chi connectivity index (χ1v) is 7.57. The molecular weight excluding hydrogens is 268 g/mol. The minimum Gasteiger partial charge on any atom is -0.352 e. The molecule has 0 unspecified atom stereocenters. The minimum atomic E-state index is -0.490. The molecule has 0 radical (unpaired) electrons. The lowest BCUT2D eigenvalue weighted by Gasteiger charge is -2.35. The number of rotatable bonds is 6. The van der Waals surface area contributed by atoms with E-state index in [0.29, 0.717) is 13.0 Å². The van der Waals surface area contributed by atoms with Gasteiger partial charge in [0.15, 0.2) is 0 Å². The van der Waals surface area contributed by atoms with Crippen molar-refractivity contribution < 1.29 is 9.59 Å². The Kier molecular flexibility index (Phi) is 5.25. The van der Waals surface area contributed by atoms with Crippen molar-refractivity contribution in [1.82, 2.24) is 14.8 Å². The molecular formula is C15H24N4O2. The zero-order valence-corrected chi connectivity index (χ0v) is 12.5. The number of hydrogen-bond acceptors (Lipinski definition) is 2. The van der Waals surface area contributed by atoms with Gasteiger partial charge in [-0.1, -0.05) is 6.42 Å². The zero-order valence-electron chi connectivity index (χ0n) is 12.5. The van der Waals surface area contributed by atoms with Gasteiger partial charge in [-0.2, -0.15) is 0 Å². The number of carbonyl (C=O) groups is 2. The highest BCUT2D eigenvalue weighted by molar-refractivity contribution is 5.76. The molecule has 1 aliphatic heterocycles. The van der Waals surface area contributed by atoms with Crippen molar-refractivity contribution in [2.45, 2.75) is 45.2 Å². The highest BCUT2D eigenvalue weighted by atomic mass is 16.2. The molecule has 0 saturated heterocycles. The van der Waals surface area contributed by atoms with E-state index in [1.54, 1.807) is 0 Å². The molecule has 1 aromatic rings. The summed E-state index contributed by atoms with van der Waals surface area (Å²) in [6.07, 6.45) is 5.27. The average molecular weight is 292 g/mol. The van der Waals surface area contributed by atoms with Gasteiger partial charge in [-0.05, 0) is 31.9 Å². The van der Waals surface area contributed by atoms with Crippen LogP contribution in [-0.2, 0) is 11.3 Å². The van der Waals surface area contributed by atoms with Gasteiger partial charge in [0.05, 0.1) is 6.04 Å². The number of nitrogens with one attached hydrogen (secondary N) is 1. The third kappa shape index (κ3) is 4.00. The largest absolute Gasteiger partial charge is 0.352 e. The van der Waals surface area contributed by atoms with E-state index in [0.717, 1.165) is 32.4 Å². The predicted octanol–water partition coefficient (Wildman–Crippen LogP) is 1.62. The van der Waals surface area contributed by atoms with Crippen LogP contribution >= 0.6 is 0 Å². The molecule has 0 aliphatic carbocycles. The summed E-state index contributed by atoms with van der Waals surface area (Å²) in [5.74, 6) is 0.220. The second-order valence-electron chi connectivity index (χ2n) is 5.49. The molecule has 0 spiro atoms. The van der Waals surface area contributed by atoms with Crippen LogP contribution in [0.25, 0.3) is 0 Å². The van der Waals surface area contributed by atoms with Gasteiger partial charge in [0.2, 0.25) is 5.91 Å². The molecule has 116 valence electrons. The van der Waals surface area contributed by atoms with Crippen LogP contribution < -0.4 is 11.1 Å². The summed E-state index contributed by atoms with van der Waals surface area (Å²) in [6.45, 7) is 4.32. The maximum Gasteiger partial charge on any atom is 0.312 e. The summed E-state index contributed by atoms with van der Waals surface area (Å²) in [4.78, 5) is 24.8. The van der Waals surface area contributed by atoms with Gasteiger partial charge in [-0.15, -0.1) is 0 Å². The summed E-state index contributed by atoms with van der Waals surface area (Å²) in [7, 11) is 0. The fourth-order valence-electron chi connectivity index (χ4n) is 2.85. The average Bonchev–Trinajstić information content (AvgIpc) is 2.92.